The molecule has 1 aliphatic heterocycles. The summed E-state index contributed by atoms with van der Waals surface area (Å²) in [6.45, 7) is 4.62. The fourth-order valence-electron chi connectivity index (χ4n) is 3.77. The molecular weight excluding hydrogens is 412 g/mol. The molecule has 1 fully saturated rings. The van der Waals surface area contributed by atoms with Crippen molar-refractivity contribution < 1.29 is 14.3 Å². The van der Waals surface area contributed by atoms with Crippen LogP contribution in [-0.4, -0.2) is 35.7 Å². The van der Waals surface area contributed by atoms with Crippen molar-refractivity contribution in [3.05, 3.63) is 64.2 Å². The van der Waals surface area contributed by atoms with E-state index in [4.69, 9.17) is 4.74 Å². The Morgan fingerprint density at radius 1 is 1.16 bits per heavy atom. The van der Waals surface area contributed by atoms with Crippen LogP contribution >= 0.6 is 11.3 Å². The number of ether oxygens (including phenoxy) is 1. The Labute approximate surface area is 185 Å². The number of hydrogen-bond donors (Lipinski definition) is 1. The van der Waals surface area contributed by atoms with E-state index in [2.05, 4.69) is 21.6 Å². The van der Waals surface area contributed by atoms with Crippen LogP contribution in [0.1, 0.15) is 34.0 Å². The van der Waals surface area contributed by atoms with Gasteiger partial charge in [0.1, 0.15) is 10.8 Å². The number of nitrogens with zero attached hydrogens (tertiary/aromatic N) is 3. The summed E-state index contributed by atoms with van der Waals surface area (Å²) >= 11 is 1.33. The van der Waals surface area contributed by atoms with E-state index in [0.717, 1.165) is 33.1 Å². The molecule has 1 unspecified atom stereocenters. The lowest BCUT2D eigenvalue weighted by Crippen LogP contribution is -2.24. The SMILES string of the molecule is COc1ccc(CC(=O)Nc2nnc(C3CC(=O)N(c4cc(C)cc(C)c4)C3)s2)cc1. The van der Waals surface area contributed by atoms with Gasteiger partial charge in [-0.25, -0.2) is 0 Å². The van der Waals surface area contributed by atoms with Crippen LogP contribution in [-0.2, 0) is 16.0 Å². The minimum atomic E-state index is -0.160. The van der Waals surface area contributed by atoms with E-state index in [1.54, 1.807) is 7.11 Å². The van der Waals surface area contributed by atoms with Gasteiger partial charge in [-0.1, -0.05) is 29.5 Å². The number of anilines is 2. The van der Waals surface area contributed by atoms with Crippen molar-refractivity contribution in [2.24, 2.45) is 0 Å². The van der Waals surface area contributed by atoms with Gasteiger partial charge in [-0.2, -0.15) is 0 Å². The van der Waals surface area contributed by atoms with Crippen molar-refractivity contribution in [2.75, 3.05) is 23.9 Å². The first-order valence-corrected chi connectivity index (χ1v) is 10.9. The molecule has 160 valence electrons. The molecule has 2 heterocycles. The van der Waals surface area contributed by atoms with Crippen molar-refractivity contribution >= 4 is 34.0 Å². The minimum Gasteiger partial charge on any atom is -0.497 e. The first-order chi connectivity index (χ1) is 14.9. The molecule has 0 saturated carbocycles. The fraction of sp³-hybridized carbons (Fsp3) is 0.304. The van der Waals surface area contributed by atoms with Crippen LogP contribution in [0, 0.1) is 13.8 Å². The number of benzene rings is 2. The van der Waals surface area contributed by atoms with E-state index in [1.165, 1.54) is 11.3 Å². The molecule has 4 rings (SSSR count). The van der Waals surface area contributed by atoms with Crippen LogP contribution < -0.4 is 15.0 Å². The van der Waals surface area contributed by atoms with E-state index in [1.807, 2.05) is 55.1 Å². The smallest absolute Gasteiger partial charge is 0.230 e. The number of aryl methyl sites for hydroxylation is 2. The maximum absolute atomic E-state index is 12.6. The summed E-state index contributed by atoms with van der Waals surface area (Å²) in [6.07, 6.45) is 0.628. The highest BCUT2D eigenvalue weighted by atomic mass is 32.1. The Balaban J connectivity index is 1.39. The molecule has 7 nitrogen and oxygen atoms in total. The van der Waals surface area contributed by atoms with E-state index >= 15 is 0 Å². The lowest BCUT2D eigenvalue weighted by Gasteiger charge is -2.17. The van der Waals surface area contributed by atoms with Crippen LogP contribution in [0.15, 0.2) is 42.5 Å². The van der Waals surface area contributed by atoms with Gasteiger partial charge in [-0.3, -0.25) is 9.59 Å². The van der Waals surface area contributed by atoms with Gasteiger partial charge in [0.2, 0.25) is 16.9 Å². The Hall–Kier alpha value is -3.26. The minimum absolute atomic E-state index is 0.0296. The molecule has 0 radical (unpaired) electrons. The van der Waals surface area contributed by atoms with Crippen LogP contribution in [0.3, 0.4) is 0 Å². The average Bonchev–Trinajstić information content (AvgIpc) is 3.34. The second-order valence-electron chi connectivity index (χ2n) is 7.77. The maximum Gasteiger partial charge on any atom is 0.230 e. The van der Waals surface area contributed by atoms with Gasteiger partial charge in [0.05, 0.1) is 13.5 Å². The van der Waals surface area contributed by atoms with Crippen molar-refractivity contribution in [1.82, 2.24) is 10.2 Å². The van der Waals surface area contributed by atoms with E-state index < -0.39 is 0 Å². The zero-order chi connectivity index (χ0) is 22.0. The summed E-state index contributed by atoms with van der Waals surface area (Å²) in [5.41, 5.74) is 4.06. The van der Waals surface area contributed by atoms with Gasteiger partial charge in [0, 0.05) is 24.6 Å². The monoisotopic (exact) mass is 436 g/mol. The summed E-state index contributed by atoms with van der Waals surface area (Å²) in [5.74, 6) is 0.638. The molecule has 1 aliphatic rings. The number of nitrogens with one attached hydrogen (secondary N) is 1. The molecule has 2 amide bonds. The van der Waals surface area contributed by atoms with E-state index in [9.17, 15) is 9.59 Å². The van der Waals surface area contributed by atoms with Gasteiger partial charge in [-0.05, 0) is 54.8 Å². The lowest BCUT2D eigenvalue weighted by atomic mass is 10.1. The molecule has 2 aromatic carbocycles. The summed E-state index contributed by atoms with van der Waals surface area (Å²) in [4.78, 5) is 26.8. The third-order valence-corrected chi connectivity index (χ3v) is 6.20. The summed E-state index contributed by atoms with van der Waals surface area (Å²) in [7, 11) is 1.60. The van der Waals surface area contributed by atoms with Gasteiger partial charge in [0.25, 0.3) is 0 Å². The molecule has 1 aromatic heterocycles. The van der Waals surface area contributed by atoms with Crippen molar-refractivity contribution in [3.8, 4) is 5.75 Å². The standard InChI is InChI=1S/C23H24N4O3S/c1-14-8-15(2)10-18(9-14)27-13-17(12-21(27)29)22-25-26-23(31-22)24-20(28)11-16-4-6-19(30-3)7-5-16/h4-10,17H,11-13H2,1-3H3,(H,24,26,28). The second-order valence-corrected chi connectivity index (χ2v) is 8.78. The van der Waals surface area contributed by atoms with Crippen molar-refractivity contribution in [1.29, 1.82) is 0 Å². The topological polar surface area (TPSA) is 84.4 Å². The van der Waals surface area contributed by atoms with E-state index in [0.29, 0.717) is 18.1 Å². The molecule has 3 aromatic rings. The maximum atomic E-state index is 12.6. The Morgan fingerprint density at radius 3 is 2.55 bits per heavy atom. The molecule has 1 atom stereocenters. The number of amides is 2. The Bertz CT molecular complexity index is 1090. The van der Waals surface area contributed by atoms with Crippen molar-refractivity contribution in [3.63, 3.8) is 0 Å². The number of carbonyl (C=O) groups is 2. The summed E-state index contributed by atoms with van der Waals surface area (Å²) in [6, 6.07) is 13.5. The van der Waals surface area contributed by atoms with Crippen LogP contribution in [0.25, 0.3) is 0 Å². The largest absolute Gasteiger partial charge is 0.497 e. The van der Waals surface area contributed by atoms with Crippen LogP contribution in [0.2, 0.25) is 0 Å². The number of hydrogen-bond acceptors (Lipinski definition) is 6. The molecular formula is C23H24N4O3S. The fourth-order valence-corrected chi connectivity index (χ4v) is 4.62. The molecule has 31 heavy (non-hydrogen) atoms. The first-order valence-electron chi connectivity index (χ1n) is 10.1. The number of rotatable bonds is 6. The third-order valence-electron chi connectivity index (χ3n) is 5.20. The van der Waals surface area contributed by atoms with Crippen molar-refractivity contribution in [2.45, 2.75) is 32.6 Å². The van der Waals surface area contributed by atoms with Crippen LogP contribution in [0.4, 0.5) is 10.8 Å². The van der Waals surface area contributed by atoms with Gasteiger partial charge >= 0.3 is 0 Å². The highest BCUT2D eigenvalue weighted by Crippen LogP contribution is 2.34. The Morgan fingerprint density at radius 2 is 1.87 bits per heavy atom. The van der Waals surface area contributed by atoms with Gasteiger partial charge in [-0.15, -0.1) is 10.2 Å². The second kappa shape index (κ2) is 8.85. The van der Waals surface area contributed by atoms with Gasteiger partial charge < -0.3 is 15.0 Å². The zero-order valence-electron chi connectivity index (χ0n) is 17.7. The first kappa shape index (κ1) is 21.0. The number of carbonyl (C=O) groups excluding carboxylic acids is 2. The quantitative estimate of drug-likeness (QED) is 0.634. The highest BCUT2D eigenvalue weighted by molar-refractivity contribution is 7.15. The van der Waals surface area contributed by atoms with Gasteiger partial charge in [0.15, 0.2) is 0 Å². The molecule has 0 spiro atoms. The predicted molar refractivity (Wildman–Crippen MR) is 121 cm³/mol. The summed E-state index contributed by atoms with van der Waals surface area (Å²) in [5, 5.41) is 12.4. The molecule has 1 saturated heterocycles. The lowest BCUT2D eigenvalue weighted by molar-refractivity contribution is -0.117. The normalized spacial score (nSPS) is 15.9. The average molecular weight is 437 g/mol. The highest BCUT2D eigenvalue weighted by Gasteiger charge is 2.34. The van der Waals surface area contributed by atoms with E-state index in [-0.39, 0.29) is 24.2 Å². The molecule has 0 bridgehead atoms. The Kier molecular flexibility index (Phi) is 5.99. The zero-order valence-corrected chi connectivity index (χ0v) is 18.5. The molecule has 0 aliphatic carbocycles. The number of methoxy groups -OCH3 is 1. The summed E-state index contributed by atoms with van der Waals surface area (Å²) < 4.78 is 5.13. The molecule has 1 N–H and O–H groups in total. The third kappa shape index (κ3) is 4.91. The number of aromatic nitrogens is 2. The van der Waals surface area contributed by atoms with Crippen LogP contribution in [0.5, 0.6) is 5.75 Å². The molecule has 8 heteroatoms. The predicted octanol–water partition coefficient (Wildman–Crippen LogP) is 3.87.